The first-order chi connectivity index (χ1) is 5.24. The molecule has 1 saturated carbocycles. The Bertz CT molecular complexity index is 136. The summed E-state index contributed by atoms with van der Waals surface area (Å²) in [7, 11) is 0. The number of rotatable bonds is 5. The number of hydrogen-bond acceptors (Lipinski definition) is 1. The average molecular weight is 154 g/mol. The van der Waals surface area contributed by atoms with Crippen LogP contribution in [0.5, 0.6) is 0 Å². The van der Waals surface area contributed by atoms with Gasteiger partial charge in [-0.05, 0) is 18.8 Å². The van der Waals surface area contributed by atoms with Crippen LogP contribution in [0.2, 0.25) is 0 Å². The first-order valence-corrected chi connectivity index (χ1v) is 4.76. The fraction of sp³-hybridized carbons (Fsp3) is 0.900. The number of carbonyl (C=O) groups excluding carboxylic acids is 1. The van der Waals surface area contributed by atoms with Crippen molar-refractivity contribution in [2.24, 2.45) is 11.8 Å². The maximum absolute atomic E-state index is 11.3. The van der Waals surface area contributed by atoms with Gasteiger partial charge in [-0.3, -0.25) is 4.79 Å². The van der Waals surface area contributed by atoms with Crippen LogP contribution < -0.4 is 0 Å². The Morgan fingerprint density at radius 2 is 2.18 bits per heavy atom. The van der Waals surface area contributed by atoms with Gasteiger partial charge in [0.05, 0.1) is 0 Å². The zero-order chi connectivity index (χ0) is 8.27. The highest BCUT2D eigenvalue weighted by molar-refractivity contribution is 5.83. The first-order valence-electron chi connectivity index (χ1n) is 4.76. The van der Waals surface area contributed by atoms with Crippen LogP contribution in [0.1, 0.15) is 46.0 Å². The van der Waals surface area contributed by atoms with Crippen molar-refractivity contribution in [1.29, 1.82) is 0 Å². The third-order valence-electron chi connectivity index (χ3n) is 2.36. The minimum Gasteiger partial charge on any atom is -0.299 e. The van der Waals surface area contributed by atoms with Crippen molar-refractivity contribution in [3.8, 4) is 0 Å². The van der Waals surface area contributed by atoms with Crippen LogP contribution in [0, 0.1) is 11.8 Å². The molecule has 0 bridgehead atoms. The zero-order valence-electron chi connectivity index (χ0n) is 7.60. The standard InChI is InChI=1S/C10H18O/c1-3-4-8(2)7-10(11)9-5-6-9/h8-9H,3-7H2,1-2H3. The molecule has 1 aliphatic carbocycles. The van der Waals surface area contributed by atoms with Gasteiger partial charge in [0.1, 0.15) is 5.78 Å². The summed E-state index contributed by atoms with van der Waals surface area (Å²) in [5, 5.41) is 0. The molecule has 0 heterocycles. The maximum Gasteiger partial charge on any atom is 0.136 e. The summed E-state index contributed by atoms with van der Waals surface area (Å²) < 4.78 is 0. The van der Waals surface area contributed by atoms with Crippen LogP contribution in [-0.4, -0.2) is 5.78 Å². The lowest BCUT2D eigenvalue weighted by Crippen LogP contribution is -2.06. The molecule has 0 saturated heterocycles. The Kier molecular flexibility index (Phi) is 3.10. The predicted octanol–water partition coefficient (Wildman–Crippen LogP) is 2.79. The Hall–Kier alpha value is -0.330. The molecule has 64 valence electrons. The van der Waals surface area contributed by atoms with Crippen LogP contribution >= 0.6 is 0 Å². The van der Waals surface area contributed by atoms with E-state index in [0.717, 1.165) is 19.3 Å². The Labute approximate surface area is 69.2 Å². The van der Waals surface area contributed by atoms with E-state index in [1.807, 2.05) is 0 Å². The average Bonchev–Trinajstić information content (AvgIpc) is 2.67. The van der Waals surface area contributed by atoms with Crippen molar-refractivity contribution >= 4 is 5.78 Å². The van der Waals surface area contributed by atoms with Gasteiger partial charge in [-0.25, -0.2) is 0 Å². The lowest BCUT2D eigenvalue weighted by molar-refractivity contribution is -0.121. The molecule has 1 atom stereocenters. The molecule has 1 fully saturated rings. The summed E-state index contributed by atoms with van der Waals surface area (Å²) >= 11 is 0. The Morgan fingerprint density at radius 1 is 1.55 bits per heavy atom. The van der Waals surface area contributed by atoms with Crippen molar-refractivity contribution in [1.82, 2.24) is 0 Å². The molecule has 0 radical (unpaired) electrons. The normalized spacial score (nSPS) is 19.8. The fourth-order valence-electron chi connectivity index (χ4n) is 1.51. The van der Waals surface area contributed by atoms with E-state index in [0.29, 0.717) is 17.6 Å². The van der Waals surface area contributed by atoms with Gasteiger partial charge in [-0.15, -0.1) is 0 Å². The van der Waals surface area contributed by atoms with Gasteiger partial charge in [-0.1, -0.05) is 26.7 Å². The van der Waals surface area contributed by atoms with Gasteiger partial charge in [0.2, 0.25) is 0 Å². The third kappa shape index (κ3) is 3.04. The molecule has 0 aromatic heterocycles. The molecule has 1 nitrogen and oxygen atoms in total. The van der Waals surface area contributed by atoms with Gasteiger partial charge >= 0.3 is 0 Å². The van der Waals surface area contributed by atoms with Crippen molar-refractivity contribution in [3.63, 3.8) is 0 Å². The smallest absolute Gasteiger partial charge is 0.136 e. The summed E-state index contributed by atoms with van der Waals surface area (Å²) in [6, 6.07) is 0. The number of Topliss-reactive ketones (excluding diaryl/α,β-unsaturated/α-hetero) is 1. The van der Waals surface area contributed by atoms with Crippen LogP contribution in [0.15, 0.2) is 0 Å². The maximum atomic E-state index is 11.3. The molecule has 1 heteroatoms. The van der Waals surface area contributed by atoms with E-state index < -0.39 is 0 Å². The van der Waals surface area contributed by atoms with Crippen LogP contribution in [0.3, 0.4) is 0 Å². The molecule has 0 amide bonds. The zero-order valence-corrected chi connectivity index (χ0v) is 7.60. The minimum atomic E-state index is 0.467. The van der Waals surface area contributed by atoms with Crippen molar-refractivity contribution in [3.05, 3.63) is 0 Å². The topological polar surface area (TPSA) is 17.1 Å². The summed E-state index contributed by atoms with van der Waals surface area (Å²) in [5.74, 6) is 1.60. The fourth-order valence-corrected chi connectivity index (χ4v) is 1.51. The quantitative estimate of drug-likeness (QED) is 0.595. The molecule has 1 unspecified atom stereocenters. The predicted molar refractivity (Wildman–Crippen MR) is 46.4 cm³/mol. The van der Waals surface area contributed by atoms with Crippen molar-refractivity contribution in [2.75, 3.05) is 0 Å². The van der Waals surface area contributed by atoms with Crippen LogP contribution in [0.25, 0.3) is 0 Å². The second-order valence-corrected chi connectivity index (χ2v) is 3.84. The van der Waals surface area contributed by atoms with Gasteiger partial charge in [0.15, 0.2) is 0 Å². The lowest BCUT2D eigenvalue weighted by atomic mass is 9.98. The molecule has 0 aliphatic heterocycles. The number of hydrogen-bond donors (Lipinski definition) is 0. The van der Waals surface area contributed by atoms with E-state index in [4.69, 9.17) is 0 Å². The van der Waals surface area contributed by atoms with Crippen molar-refractivity contribution < 1.29 is 4.79 Å². The molecule has 11 heavy (non-hydrogen) atoms. The molecule has 0 aromatic rings. The second-order valence-electron chi connectivity index (χ2n) is 3.84. The summed E-state index contributed by atoms with van der Waals surface area (Å²) in [5.41, 5.74) is 0. The highest BCUT2D eigenvalue weighted by Crippen LogP contribution is 2.32. The SMILES string of the molecule is CCCC(C)CC(=O)C1CC1. The van der Waals surface area contributed by atoms with Gasteiger partial charge in [-0.2, -0.15) is 0 Å². The van der Waals surface area contributed by atoms with E-state index in [-0.39, 0.29) is 0 Å². The summed E-state index contributed by atoms with van der Waals surface area (Å²) in [4.78, 5) is 11.3. The lowest BCUT2D eigenvalue weighted by Gasteiger charge is -2.07. The number of ketones is 1. The largest absolute Gasteiger partial charge is 0.299 e. The highest BCUT2D eigenvalue weighted by Gasteiger charge is 2.29. The van der Waals surface area contributed by atoms with E-state index in [1.165, 1.54) is 12.8 Å². The molecule has 1 aliphatic rings. The molecule has 0 spiro atoms. The Balaban J connectivity index is 2.12. The number of carbonyl (C=O) groups is 1. The first kappa shape index (κ1) is 8.76. The minimum absolute atomic E-state index is 0.467. The molecule has 1 rings (SSSR count). The molecular weight excluding hydrogens is 136 g/mol. The third-order valence-corrected chi connectivity index (χ3v) is 2.36. The van der Waals surface area contributed by atoms with Crippen LogP contribution in [0.4, 0.5) is 0 Å². The summed E-state index contributed by atoms with van der Waals surface area (Å²) in [6.07, 6.45) is 5.57. The monoisotopic (exact) mass is 154 g/mol. The highest BCUT2D eigenvalue weighted by atomic mass is 16.1. The molecule has 0 aromatic carbocycles. The second kappa shape index (κ2) is 3.89. The van der Waals surface area contributed by atoms with E-state index in [2.05, 4.69) is 13.8 Å². The van der Waals surface area contributed by atoms with Crippen LogP contribution in [-0.2, 0) is 4.79 Å². The summed E-state index contributed by atoms with van der Waals surface area (Å²) in [6.45, 7) is 4.36. The van der Waals surface area contributed by atoms with Crippen molar-refractivity contribution in [2.45, 2.75) is 46.0 Å². The van der Waals surface area contributed by atoms with E-state index in [1.54, 1.807) is 0 Å². The molecule has 0 N–H and O–H groups in total. The molecular formula is C10H18O. The van der Waals surface area contributed by atoms with E-state index >= 15 is 0 Å². The van der Waals surface area contributed by atoms with E-state index in [9.17, 15) is 4.79 Å². The van der Waals surface area contributed by atoms with Gasteiger partial charge in [0.25, 0.3) is 0 Å². The van der Waals surface area contributed by atoms with Gasteiger partial charge in [0, 0.05) is 12.3 Å². The Morgan fingerprint density at radius 3 is 2.64 bits per heavy atom. The van der Waals surface area contributed by atoms with Gasteiger partial charge < -0.3 is 0 Å².